The lowest BCUT2D eigenvalue weighted by atomic mass is 10.2. The predicted octanol–water partition coefficient (Wildman–Crippen LogP) is 2.64. The van der Waals surface area contributed by atoms with E-state index in [-0.39, 0.29) is 5.91 Å². The quantitative estimate of drug-likeness (QED) is 0.886. The van der Waals surface area contributed by atoms with Crippen molar-refractivity contribution >= 4 is 40.2 Å². The van der Waals surface area contributed by atoms with Crippen LogP contribution in [-0.4, -0.2) is 66.0 Å². The molecule has 2 saturated heterocycles. The van der Waals surface area contributed by atoms with E-state index in [1.165, 1.54) is 22.7 Å². The maximum absolute atomic E-state index is 12.7. The Morgan fingerprint density at radius 1 is 1.29 bits per heavy atom. The lowest BCUT2D eigenvalue weighted by Gasteiger charge is -2.32. The van der Waals surface area contributed by atoms with Crippen molar-refractivity contribution in [1.29, 1.82) is 0 Å². The minimum Gasteiger partial charge on any atom is -0.336 e. The van der Waals surface area contributed by atoms with Crippen LogP contribution in [0.15, 0.2) is 17.5 Å². The van der Waals surface area contributed by atoms with Crippen LogP contribution < -0.4 is 5.32 Å². The van der Waals surface area contributed by atoms with E-state index in [0.29, 0.717) is 11.7 Å². The van der Waals surface area contributed by atoms with Crippen molar-refractivity contribution in [2.45, 2.75) is 12.5 Å². The number of rotatable bonds is 3. The van der Waals surface area contributed by atoms with E-state index in [1.807, 2.05) is 22.4 Å². The van der Waals surface area contributed by atoms with Gasteiger partial charge in [-0.1, -0.05) is 11.6 Å². The molecule has 2 aromatic heterocycles. The maximum atomic E-state index is 12.7. The third kappa shape index (κ3) is 3.36. The Morgan fingerprint density at radius 3 is 2.88 bits per heavy atom. The van der Waals surface area contributed by atoms with Gasteiger partial charge in [0.05, 0.1) is 9.21 Å². The Labute approximate surface area is 154 Å². The summed E-state index contributed by atoms with van der Waals surface area (Å²) < 4.78 is 0.742. The molecule has 1 N–H and O–H groups in total. The van der Waals surface area contributed by atoms with Crippen molar-refractivity contribution in [1.82, 2.24) is 20.1 Å². The fraction of sp³-hybridized carbons (Fsp3) is 0.500. The molecule has 2 aliphatic rings. The van der Waals surface area contributed by atoms with Crippen molar-refractivity contribution < 1.29 is 4.79 Å². The molecule has 2 aliphatic heterocycles. The maximum Gasteiger partial charge on any atom is 0.273 e. The Balaban J connectivity index is 1.42. The first kappa shape index (κ1) is 16.5. The van der Waals surface area contributed by atoms with Crippen molar-refractivity contribution in [3.8, 4) is 9.88 Å². The summed E-state index contributed by atoms with van der Waals surface area (Å²) in [5.74, 6) is 0.0535. The van der Waals surface area contributed by atoms with Gasteiger partial charge in [0.15, 0.2) is 0 Å². The third-order valence-corrected chi connectivity index (χ3v) is 6.87. The van der Waals surface area contributed by atoms with Crippen LogP contribution in [0.1, 0.15) is 16.9 Å². The molecule has 8 heteroatoms. The topological polar surface area (TPSA) is 48.5 Å². The molecule has 1 atom stereocenters. The van der Waals surface area contributed by atoms with Gasteiger partial charge >= 0.3 is 0 Å². The monoisotopic (exact) mass is 382 g/mol. The largest absolute Gasteiger partial charge is 0.336 e. The van der Waals surface area contributed by atoms with Crippen molar-refractivity contribution in [2.75, 3.05) is 39.3 Å². The molecule has 4 heterocycles. The summed E-state index contributed by atoms with van der Waals surface area (Å²) in [5, 5.41) is 6.11. The highest BCUT2D eigenvalue weighted by molar-refractivity contribution is 7.23. The number of amides is 1. The number of nitrogens with one attached hydrogen (secondary N) is 1. The minimum absolute atomic E-state index is 0.0535. The molecular weight excluding hydrogens is 364 g/mol. The summed E-state index contributed by atoms with van der Waals surface area (Å²) in [6.07, 6.45) is 1.06. The molecule has 0 aliphatic carbocycles. The Hall–Kier alpha value is -0.990. The van der Waals surface area contributed by atoms with Gasteiger partial charge in [-0.25, -0.2) is 4.98 Å². The lowest BCUT2D eigenvalue weighted by Crippen LogP contribution is -2.49. The zero-order valence-electron chi connectivity index (χ0n) is 13.2. The first-order valence-electron chi connectivity index (χ1n) is 8.16. The highest BCUT2D eigenvalue weighted by atomic mass is 35.5. The minimum atomic E-state index is 0.0535. The molecule has 0 bridgehead atoms. The number of carbonyl (C=O) groups is 1. The molecule has 4 rings (SSSR count). The van der Waals surface area contributed by atoms with E-state index in [4.69, 9.17) is 11.6 Å². The van der Waals surface area contributed by atoms with Crippen LogP contribution >= 0.6 is 34.3 Å². The van der Waals surface area contributed by atoms with Gasteiger partial charge in [0.25, 0.3) is 5.91 Å². The molecule has 0 radical (unpaired) electrons. The fourth-order valence-electron chi connectivity index (χ4n) is 3.35. The summed E-state index contributed by atoms with van der Waals surface area (Å²) in [6, 6.07) is 4.31. The van der Waals surface area contributed by atoms with Crippen LogP contribution in [0.2, 0.25) is 4.34 Å². The number of thiazole rings is 1. The number of halogens is 1. The normalized spacial score (nSPS) is 22.2. The fourth-order valence-corrected chi connectivity index (χ4v) is 5.26. The molecular formula is C16H19ClN4OS2. The summed E-state index contributed by atoms with van der Waals surface area (Å²) >= 11 is 8.98. The Bertz CT molecular complexity index is 725. The standard InChI is InChI=1S/C16H19ClN4OS2/c17-14-2-1-13(24-14)15-19-12(10-23-15)16(22)21-6-3-11(9-21)20-7-4-18-5-8-20/h1-2,10-11,18H,3-9H2. The zero-order valence-corrected chi connectivity index (χ0v) is 15.6. The molecule has 0 saturated carbocycles. The zero-order chi connectivity index (χ0) is 16.5. The SMILES string of the molecule is O=C(c1csc(-c2ccc(Cl)s2)n1)N1CCC(N2CCNCC2)C1. The third-order valence-electron chi connectivity index (χ3n) is 4.63. The molecule has 128 valence electrons. The second-order valence-electron chi connectivity index (χ2n) is 6.12. The van der Waals surface area contributed by atoms with Crippen LogP contribution in [0.25, 0.3) is 9.88 Å². The first-order chi connectivity index (χ1) is 11.7. The van der Waals surface area contributed by atoms with Crippen molar-refractivity contribution in [3.05, 3.63) is 27.5 Å². The number of thiophene rings is 1. The lowest BCUT2D eigenvalue weighted by molar-refractivity contribution is 0.0768. The molecule has 0 aromatic carbocycles. The van der Waals surface area contributed by atoms with E-state index < -0.39 is 0 Å². The van der Waals surface area contributed by atoms with E-state index in [9.17, 15) is 4.79 Å². The molecule has 1 unspecified atom stereocenters. The molecule has 2 fully saturated rings. The summed E-state index contributed by atoms with van der Waals surface area (Å²) in [4.78, 5) is 22.7. The molecule has 1 amide bonds. The molecule has 24 heavy (non-hydrogen) atoms. The summed E-state index contributed by atoms with van der Waals surface area (Å²) in [6.45, 7) is 5.88. The predicted molar refractivity (Wildman–Crippen MR) is 99.2 cm³/mol. The van der Waals surface area contributed by atoms with Gasteiger partial charge in [0, 0.05) is 50.7 Å². The van der Waals surface area contributed by atoms with Crippen LogP contribution in [0.3, 0.4) is 0 Å². The number of likely N-dealkylation sites (tertiary alicyclic amines) is 1. The van der Waals surface area contributed by atoms with Gasteiger partial charge in [-0.15, -0.1) is 22.7 Å². The smallest absolute Gasteiger partial charge is 0.273 e. The number of piperazine rings is 1. The average molecular weight is 383 g/mol. The second-order valence-corrected chi connectivity index (χ2v) is 8.69. The number of aromatic nitrogens is 1. The molecule has 2 aromatic rings. The first-order valence-corrected chi connectivity index (χ1v) is 10.2. The van der Waals surface area contributed by atoms with Gasteiger partial charge < -0.3 is 10.2 Å². The van der Waals surface area contributed by atoms with Crippen LogP contribution in [0.5, 0.6) is 0 Å². The number of carbonyl (C=O) groups excluding carboxylic acids is 1. The molecule has 0 spiro atoms. The van der Waals surface area contributed by atoms with Gasteiger partial charge in [0.1, 0.15) is 10.7 Å². The van der Waals surface area contributed by atoms with Crippen LogP contribution in [-0.2, 0) is 0 Å². The number of hydrogen-bond acceptors (Lipinski definition) is 6. The van der Waals surface area contributed by atoms with Crippen LogP contribution in [0.4, 0.5) is 0 Å². The van der Waals surface area contributed by atoms with Gasteiger partial charge in [-0.3, -0.25) is 9.69 Å². The van der Waals surface area contributed by atoms with E-state index in [1.54, 1.807) is 0 Å². The summed E-state index contributed by atoms with van der Waals surface area (Å²) in [7, 11) is 0. The van der Waals surface area contributed by atoms with E-state index in [2.05, 4.69) is 15.2 Å². The molecule has 5 nitrogen and oxygen atoms in total. The Morgan fingerprint density at radius 2 is 2.12 bits per heavy atom. The highest BCUT2D eigenvalue weighted by Crippen LogP contribution is 2.33. The second kappa shape index (κ2) is 7.09. The van der Waals surface area contributed by atoms with Crippen LogP contribution in [0, 0.1) is 0 Å². The van der Waals surface area contributed by atoms with Crippen molar-refractivity contribution in [3.63, 3.8) is 0 Å². The Kier molecular flexibility index (Phi) is 4.87. The van der Waals surface area contributed by atoms with Gasteiger partial charge in [0.2, 0.25) is 0 Å². The van der Waals surface area contributed by atoms with E-state index >= 15 is 0 Å². The highest BCUT2D eigenvalue weighted by Gasteiger charge is 2.32. The summed E-state index contributed by atoms with van der Waals surface area (Å²) in [5.41, 5.74) is 0.556. The average Bonchev–Trinajstić information content (AvgIpc) is 3.35. The number of nitrogens with zero attached hydrogens (tertiary/aromatic N) is 3. The van der Waals surface area contributed by atoms with E-state index in [0.717, 1.165) is 59.9 Å². The van der Waals surface area contributed by atoms with Gasteiger partial charge in [-0.2, -0.15) is 0 Å². The van der Waals surface area contributed by atoms with Gasteiger partial charge in [-0.05, 0) is 18.6 Å². The number of hydrogen-bond donors (Lipinski definition) is 1. The van der Waals surface area contributed by atoms with Crippen molar-refractivity contribution in [2.24, 2.45) is 0 Å².